The Morgan fingerprint density at radius 2 is 1.89 bits per heavy atom. The van der Waals surface area contributed by atoms with E-state index < -0.39 is 69.0 Å². The van der Waals surface area contributed by atoms with Crippen molar-refractivity contribution in [2.24, 2.45) is 28.6 Å². The molecule has 0 aromatic rings. The van der Waals surface area contributed by atoms with Gasteiger partial charge >= 0.3 is 5.97 Å². The predicted molar refractivity (Wildman–Crippen MR) is 130 cm³/mol. The van der Waals surface area contributed by atoms with Crippen LogP contribution in [0.3, 0.4) is 0 Å². The molecule has 1 N–H and O–H groups in total. The van der Waals surface area contributed by atoms with Gasteiger partial charge in [0.15, 0.2) is 17.1 Å². The van der Waals surface area contributed by atoms with Gasteiger partial charge in [-0.1, -0.05) is 45.4 Å². The van der Waals surface area contributed by atoms with Crippen molar-refractivity contribution >= 4 is 41.1 Å². The summed E-state index contributed by atoms with van der Waals surface area (Å²) in [6.07, 6.45) is -1.77. The van der Waals surface area contributed by atoms with Gasteiger partial charge in [-0.15, -0.1) is 12.6 Å². The van der Waals surface area contributed by atoms with Crippen LogP contribution in [-0.4, -0.2) is 45.5 Å². The van der Waals surface area contributed by atoms with Gasteiger partial charge in [-0.3, -0.25) is 14.4 Å². The molecule has 0 unspecified atom stereocenters. The summed E-state index contributed by atoms with van der Waals surface area (Å²) >= 11 is 10.5. The number of rotatable bonds is 4. The number of ketones is 1. The fourth-order valence-electron chi connectivity index (χ4n) is 8.05. The van der Waals surface area contributed by atoms with E-state index in [1.165, 1.54) is 13.0 Å². The Labute approximate surface area is 215 Å². The topological polar surface area (TPSA) is 80.7 Å². The molecule has 0 saturated heterocycles. The molecule has 0 amide bonds. The Kier molecular flexibility index (Phi) is 6.42. The van der Waals surface area contributed by atoms with Crippen molar-refractivity contribution in [3.8, 4) is 0 Å². The molecular weight excluding hydrogens is 498 g/mol. The molecule has 0 aromatic carbocycles. The van der Waals surface area contributed by atoms with Crippen LogP contribution in [0.5, 0.6) is 0 Å². The van der Waals surface area contributed by atoms with Crippen LogP contribution >= 0.6 is 24.2 Å². The van der Waals surface area contributed by atoms with Crippen molar-refractivity contribution in [2.45, 2.75) is 90.3 Å². The van der Waals surface area contributed by atoms with Gasteiger partial charge in [-0.25, -0.2) is 8.78 Å². The Bertz CT molecular complexity index is 1060. The molecule has 0 radical (unpaired) electrons. The number of carbonyl (C=O) groups is 3. The number of hydrogen-bond donors (Lipinski definition) is 2. The third-order valence-corrected chi connectivity index (χ3v) is 10.4. The van der Waals surface area contributed by atoms with E-state index in [-0.39, 0.29) is 41.9 Å². The second kappa shape index (κ2) is 8.38. The molecule has 4 aliphatic rings. The Morgan fingerprint density at radius 3 is 2.43 bits per heavy atom. The number of aliphatic hydroxyl groups excluding tert-OH is 1. The van der Waals surface area contributed by atoms with Crippen LogP contribution in [0, 0.1) is 28.6 Å². The Hall–Kier alpha value is -1.25. The molecule has 9 heteroatoms. The minimum absolute atomic E-state index is 0.0329. The number of thiol groups is 1. The zero-order valence-corrected chi connectivity index (χ0v) is 22.3. The number of fused-ring (bicyclic) bond motifs is 5. The summed E-state index contributed by atoms with van der Waals surface area (Å²) < 4.78 is 39.2. The molecule has 5 nitrogen and oxygen atoms in total. The minimum Gasteiger partial charge on any atom is -0.449 e. The van der Waals surface area contributed by atoms with Gasteiger partial charge in [-0.05, 0) is 49.7 Å². The molecule has 4 aliphatic carbocycles. The fraction of sp³-hybridized carbons (Fsp3) is 0.731. The molecule has 0 aliphatic heterocycles. The number of alkyl halides is 2. The second-order valence-electron chi connectivity index (χ2n) is 11.1. The standard InChI is InChI=1S/C26H33ClF2O5S/c1-6-13-10-24(5)19(20(27)21(13)32)16(28)9-15-14-8-12(3)26(22(33)35,34-18(31)7-2)23(14,4)11-17(30)25(15,24)29/h10,12,14-17,30H,6-9,11H2,1-5H3,(H,33,35)/t12-,14-,15-,16-,17-,23-,24-,25-,26-/m0/s1. The summed E-state index contributed by atoms with van der Waals surface area (Å²) in [7, 11) is 0. The van der Waals surface area contributed by atoms with Crippen molar-refractivity contribution in [1.82, 2.24) is 0 Å². The van der Waals surface area contributed by atoms with E-state index in [4.69, 9.17) is 16.3 Å². The number of halogens is 3. The van der Waals surface area contributed by atoms with Crippen molar-refractivity contribution in [3.05, 3.63) is 22.3 Å². The van der Waals surface area contributed by atoms with Gasteiger partial charge in [0.2, 0.25) is 5.12 Å². The maximum atomic E-state index is 17.6. The minimum atomic E-state index is -2.35. The summed E-state index contributed by atoms with van der Waals surface area (Å²) in [6.45, 7) is 8.32. The van der Waals surface area contributed by atoms with Crippen LogP contribution in [0.15, 0.2) is 22.3 Å². The number of hydrogen-bond acceptors (Lipinski definition) is 5. The summed E-state index contributed by atoms with van der Waals surface area (Å²) in [5.74, 6) is -3.22. The lowest BCUT2D eigenvalue weighted by Gasteiger charge is -2.63. The lowest BCUT2D eigenvalue weighted by molar-refractivity contribution is -0.228. The lowest BCUT2D eigenvalue weighted by atomic mass is 9.44. The van der Waals surface area contributed by atoms with Gasteiger partial charge in [-0.2, -0.15) is 0 Å². The molecule has 0 heterocycles. The van der Waals surface area contributed by atoms with Crippen LogP contribution in [0.25, 0.3) is 0 Å². The fourth-order valence-corrected chi connectivity index (χ4v) is 9.01. The number of carbonyl (C=O) groups excluding carboxylic acids is 3. The van der Waals surface area contributed by atoms with E-state index in [1.807, 2.05) is 0 Å². The van der Waals surface area contributed by atoms with Gasteiger partial charge in [0.1, 0.15) is 6.17 Å². The molecule has 194 valence electrons. The molecular formula is C26H33ClF2O5S. The summed E-state index contributed by atoms with van der Waals surface area (Å²) in [5.41, 5.74) is -6.68. The second-order valence-corrected chi connectivity index (χ2v) is 11.9. The van der Waals surface area contributed by atoms with Gasteiger partial charge in [0.05, 0.1) is 11.1 Å². The normalized spacial score (nSPS) is 47.0. The predicted octanol–water partition coefficient (Wildman–Crippen LogP) is 5.05. The first kappa shape index (κ1) is 26.8. The van der Waals surface area contributed by atoms with E-state index in [9.17, 15) is 19.5 Å². The number of aliphatic hydroxyl groups is 1. The van der Waals surface area contributed by atoms with Crippen molar-refractivity contribution < 1.29 is 33.0 Å². The Balaban J connectivity index is 1.92. The third kappa shape index (κ3) is 3.11. The number of esters is 1. The highest BCUT2D eigenvalue weighted by molar-refractivity contribution is 7.96. The number of allylic oxidation sites excluding steroid dienone is 4. The number of Topliss-reactive ketones (excluding diaryl/α,β-unsaturated/α-hetero) is 1. The Morgan fingerprint density at radius 1 is 1.26 bits per heavy atom. The molecule has 3 saturated carbocycles. The van der Waals surface area contributed by atoms with Gasteiger partial charge in [0, 0.05) is 29.1 Å². The third-order valence-electron chi connectivity index (χ3n) is 9.68. The smallest absolute Gasteiger partial charge is 0.306 e. The quantitative estimate of drug-likeness (QED) is 0.393. The van der Waals surface area contributed by atoms with Crippen LogP contribution in [0.4, 0.5) is 8.78 Å². The molecule has 9 atom stereocenters. The molecule has 35 heavy (non-hydrogen) atoms. The van der Waals surface area contributed by atoms with Gasteiger partial charge in [0.25, 0.3) is 0 Å². The summed E-state index contributed by atoms with van der Waals surface area (Å²) in [4.78, 5) is 38.2. The first-order valence-electron chi connectivity index (χ1n) is 12.3. The van der Waals surface area contributed by atoms with E-state index >= 15 is 8.78 Å². The molecule has 0 aromatic heterocycles. The van der Waals surface area contributed by atoms with Crippen LogP contribution < -0.4 is 0 Å². The van der Waals surface area contributed by atoms with Crippen molar-refractivity contribution in [1.29, 1.82) is 0 Å². The average molecular weight is 531 g/mol. The molecule has 4 rings (SSSR count). The maximum Gasteiger partial charge on any atom is 0.306 e. The van der Waals surface area contributed by atoms with Crippen molar-refractivity contribution in [2.75, 3.05) is 0 Å². The van der Waals surface area contributed by atoms with E-state index in [2.05, 4.69) is 12.6 Å². The first-order chi connectivity index (χ1) is 16.2. The largest absolute Gasteiger partial charge is 0.449 e. The van der Waals surface area contributed by atoms with E-state index in [0.717, 1.165) is 0 Å². The number of ether oxygens (including phenoxy) is 1. The zero-order chi connectivity index (χ0) is 26.3. The SMILES string of the molecule is CCC(=O)O[C@]1(C(=O)S)[C@@H](C)C[C@H]2[C@@H]3C[C@H](F)C4=C(Cl)C(=O)C(CC)=C[C@]4(C)[C@@]3(F)[C@@H](O)C[C@@]21C. The maximum absolute atomic E-state index is 17.6. The van der Waals surface area contributed by atoms with Crippen molar-refractivity contribution in [3.63, 3.8) is 0 Å². The molecule has 3 fully saturated rings. The average Bonchev–Trinajstić information content (AvgIpc) is 3.00. The summed E-state index contributed by atoms with van der Waals surface area (Å²) in [5, 5.41) is 10.5. The van der Waals surface area contributed by atoms with Crippen LogP contribution in [0.1, 0.15) is 66.7 Å². The highest BCUT2D eigenvalue weighted by Crippen LogP contribution is 2.72. The highest BCUT2D eigenvalue weighted by Gasteiger charge is 2.78. The molecule has 0 spiro atoms. The van der Waals surface area contributed by atoms with Crippen LogP contribution in [0.2, 0.25) is 0 Å². The first-order valence-corrected chi connectivity index (χ1v) is 13.1. The molecule has 0 bridgehead atoms. The van der Waals surface area contributed by atoms with E-state index in [1.54, 1.807) is 27.7 Å². The van der Waals surface area contributed by atoms with Gasteiger partial charge < -0.3 is 9.84 Å². The van der Waals surface area contributed by atoms with Crippen LogP contribution in [-0.2, 0) is 19.1 Å². The highest BCUT2D eigenvalue weighted by atomic mass is 35.5. The lowest BCUT2D eigenvalue weighted by Crippen LogP contribution is -2.71. The monoisotopic (exact) mass is 530 g/mol. The van der Waals surface area contributed by atoms with E-state index in [0.29, 0.717) is 6.42 Å². The zero-order valence-electron chi connectivity index (χ0n) is 20.7. The summed E-state index contributed by atoms with van der Waals surface area (Å²) in [6, 6.07) is 0.